The van der Waals surface area contributed by atoms with E-state index in [4.69, 9.17) is 0 Å². The number of carbonyl (C=O) groups excluding carboxylic acids is 2. The van der Waals surface area contributed by atoms with Crippen LogP contribution in [0.15, 0.2) is 6.20 Å². The molecule has 0 aliphatic heterocycles. The Kier molecular flexibility index (Phi) is 2.11. The molecule has 0 N–H and O–H groups in total. The van der Waals surface area contributed by atoms with Gasteiger partial charge in [-0.15, -0.1) is 0 Å². The van der Waals surface area contributed by atoms with Crippen LogP contribution in [0.3, 0.4) is 0 Å². The van der Waals surface area contributed by atoms with Crippen molar-refractivity contribution in [1.82, 2.24) is 12.9 Å². The van der Waals surface area contributed by atoms with Gasteiger partial charge < -0.3 is 0 Å². The number of aromatic nitrogens is 3. The van der Waals surface area contributed by atoms with Crippen molar-refractivity contribution in [2.45, 2.75) is 13.8 Å². The minimum atomic E-state index is -0.368. The molecule has 84 valence electrons. The molecular formula is C11H7N3O2Se. The fraction of sp³-hybridized carbons (Fsp3) is 0.182. The Hall–Kier alpha value is -1.65. The first-order chi connectivity index (χ1) is 8.11. The summed E-state index contributed by atoms with van der Waals surface area (Å²) in [5.41, 5.74) is 2.58. The average Bonchev–Trinajstić information content (AvgIpc) is 2.78. The molecule has 0 fully saturated rings. The summed E-state index contributed by atoms with van der Waals surface area (Å²) in [6.45, 7) is 3.51. The second-order valence-electron chi connectivity index (χ2n) is 3.90. The molecule has 0 atom stereocenters. The molecule has 0 amide bonds. The molecule has 0 aromatic carbocycles. The van der Waals surface area contributed by atoms with E-state index in [1.54, 1.807) is 20.0 Å². The van der Waals surface area contributed by atoms with E-state index in [-0.39, 0.29) is 37.9 Å². The Morgan fingerprint density at radius 1 is 1.00 bits per heavy atom. The van der Waals surface area contributed by atoms with Gasteiger partial charge in [-0.05, 0) is 0 Å². The SMILES string of the molecule is Cc1cnc(C)c2c1C(=O)c1n[se]nc1C2=O. The van der Waals surface area contributed by atoms with Gasteiger partial charge in [0.2, 0.25) is 0 Å². The zero-order valence-electron chi connectivity index (χ0n) is 9.14. The molecule has 0 spiro atoms. The normalized spacial score (nSPS) is 13.5. The van der Waals surface area contributed by atoms with Gasteiger partial charge in [-0.25, -0.2) is 0 Å². The molecule has 0 unspecified atom stereocenters. The molecule has 3 rings (SSSR count). The number of aryl methyl sites for hydroxylation is 2. The third-order valence-corrected chi connectivity index (χ3v) is 3.94. The van der Waals surface area contributed by atoms with E-state index in [0.717, 1.165) is 0 Å². The minimum absolute atomic E-state index is 0.194. The average molecular weight is 292 g/mol. The third-order valence-electron chi connectivity index (χ3n) is 2.83. The number of fused-ring (bicyclic) bond motifs is 2. The van der Waals surface area contributed by atoms with Gasteiger partial charge in [-0.2, -0.15) is 0 Å². The van der Waals surface area contributed by atoms with Crippen molar-refractivity contribution in [3.63, 3.8) is 0 Å². The van der Waals surface area contributed by atoms with Gasteiger partial charge in [0, 0.05) is 0 Å². The number of pyridine rings is 1. The fourth-order valence-corrected chi connectivity index (χ4v) is 3.13. The molecule has 2 aromatic heterocycles. The van der Waals surface area contributed by atoms with Crippen LogP contribution in [0.1, 0.15) is 43.4 Å². The maximum absolute atomic E-state index is 12.2. The first-order valence-electron chi connectivity index (χ1n) is 4.99. The van der Waals surface area contributed by atoms with E-state index in [1.807, 2.05) is 0 Å². The van der Waals surface area contributed by atoms with Crippen molar-refractivity contribution < 1.29 is 9.59 Å². The predicted octanol–water partition coefficient (Wildman–Crippen LogP) is 0.321. The molecule has 0 bridgehead atoms. The number of rotatable bonds is 0. The van der Waals surface area contributed by atoms with Crippen LogP contribution >= 0.6 is 0 Å². The summed E-state index contributed by atoms with van der Waals surface area (Å²) in [6, 6.07) is 0. The Morgan fingerprint density at radius 3 is 2.24 bits per heavy atom. The number of hydrogen-bond acceptors (Lipinski definition) is 5. The zero-order valence-corrected chi connectivity index (χ0v) is 10.9. The van der Waals surface area contributed by atoms with E-state index in [2.05, 4.69) is 12.9 Å². The van der Waals surface area contributed by atoms with E-state index in [1.165, 1.54) is 0 Å². The first-order valence-corrected chi connectivity index (χ1v) is 6.52. The zero-order chi connectivity index (χ0) is 12.2. The van der Waals surface area contributed by atoms with E-state index >= 15 is 0 Å². The van der Waals surface area contributed by atoms with Crippen molar-refractivity contribution >= 4 is 26.5 Å². The molecule has 0 saturated heterocycles. The number of ketones is 2. The Labute approximate surface area is 103 Å². The number of carbonyl (C=O) groups is 2. The van der Waals surface area contributed by atoms with Gasteiger partial charge in [0.05, 0.1) is 0 Å². The quantitative estimate of drug-likeness (QED) is 0.558. The van der Waals surface area contributed by atoms with Crippen molar-refractivity contribution in [2.75, 3.05) is 0 Å². The summed E-state index contributed by atoms with van der Waals surface area (Å²) in [5, 5.41) is 0. The molecule has 1 aliphatic rings. The molecule has 1 aliphatic carbocycles. The molecule has 2 heterocycles. The summed E-state index contributed by atoms with van der Waals surface area (Å²) in [6.07, 6.45) is 1.61. The Morgan fingerprint density at radius 2 is 1.59 bits per heavy atom. The maximum atomic E-state index is 12.2. The predicted molar refractivity (Wildman–Crippen MR) is 59.5 cm³/mol. The monoisotopic (exact) mass is 293 g/mol. The molecule has 17 heavy (non-hydrogen) atoms. The van der Waals surface area contributed by atoms with Crippen molar-refractivity contribution in [3.8, 4) is 0 Å². The Balaban J connectivity index is 2.42. The van der Waals surface area contributed by atoms with Crippen LogP contribution in [0.25, 0.3) is 0 Å². The Bertz CT molecular complexity index is 620. The standard InChI is InChI=1S/C11H7N3O2Se/c1-4-3-12-5(2)7-6(4)10(15)8-9(11(7)16)14-17-13-8/h3H,1-2H3. The van der Waals surface area contributed by atoms with Gasteiger partial charge in [-0.1, -0.05) is 0 Å². The molecule has 6 heteroatoms. The van der Waals surface area contributed by atoms with Crippen molar-refractivity contribution in [1.29, 1.82) is 0 Å². The molecule has 0 radical (unpaired) electrons. The van der Waals surface area contributed by atoms with E-state index < -0.39 is 0 Å². The second kappa shape index (κ2) is 3.42. The summed E-state index contributed by atoms with van der Waals surface area (Å²) >= 11 is -0.368. The van der Waals surface area contributed by atoms with Crippen LogP contribution in [0.5, 0.6) is 0 Å². The van der Waals surface area contributed by atoms with Crippen LogP contribution in [-0.2, 0) is 0 Å². The van der Waals surface area contributed by atoms with Crippen LogP contribution in [-0.4, -0.2) is 39.5 Å². The van der Waals surface area contributed by atoms with Crippen LogP contribution in [0, 0.1) is 13.8 Å². The van der Waals surface area contributed by atoms with E-state index in [9.17, 15) is 9.59 Å². The van der Waals surface area contributed by atoms with Gasteiger partial charge in [0.25, 0.3) is 0 Å². The number of nitrogens with zero attached hydrogens (tertiary/aromatic N) is 3. The van der Waals surface area contributed by atoms with Gasteiger partial charge in [0.15, 0.2) is 0 Å². The third kappa shape index (κ3) is 1.28. The number of hydrogen-bond donors (Lipinski definition) is 0. The molecule has 2 aromatic rings. The second-order valence-corrected chi connectivity index (χ2v) is 5.01. The molecule has 0 saturated carbocycles. The first kappa shape index (κ1) is 10.5. The molecular weight excluding hydrogens is 285 g/mol. The summed E-state index contributed by atoms with van der Waals surface area (Å²) in [5.74, 6) is -0.410. The van der Waals surface area contributed by atoms with Gasteiger partial charge in [-0.3, -0.25) is 0 Å². The summed E-state index contributed by atoms with van der Waals surface area (Å²) < 4.78 is 8.08. The van der Waals surface area contributed by atoms with Crippen LogP contribution < -0.4 is 0 Å². The topological polar surface area (TPSA) is 72.8 Å². The van der Waals surface area contributed by atoms with Crippen molar-refractivity contribution in [3.05, 3.63) is 40.0 Å². The van der Waals surface area contributed by atoms with Crippen molar-refractivity contribution in [2.24, 2.45) is 0 Å². The fourth-order valence-electron chi connectivity index (χ4n) is 1.99. The molecule has 5 nitrogen and oxygen atoms in total. The van der Waals surface area contributed by atoms with Crippen LogP contribution in [0.2, 0.25) is 0 Å². The summed E-state index contributed by atoms with van der Waals surface area (Å²) in [4.78, 5) is 28.6. The van der Waals surface area contributed by atoms with Crippen LogP contribution in [0.4, 0.5) is 0 Å². The van der Waals surface area contributed by atoms with E-state index in [0.29, 0.717) is 22.4 Å². The van der Waals surface area contributed by atoms with Gasteiger partial charge in [0.1, 0.15) is 0 Å². The van der Waals surface area contributed by atoms with Gasteiger partial charge >= 0.3 is 103 Å². The summed E-state index contributed by atoms with van der Waals surface area (Å²) in [7, 11) is 0.